The molecule has 2 aromatic rings. The topological polar surface area (TPSA) is 186 Å². The Bertz CT molecular complexity index is 2060. The van der Waals surface area contributed by atoms with Gasteiger partial charge in [0.25, 0.3) is 23.6 Å². The Hall–Kier alpha value is -5.80. The molecule has 0 spiro atoms. The van der Waals surface area contributed by atoms with Crippen LogP contribution in [0.2, 0.25) is 0 Å². The van der Waals surface area contributed by atoms with E-state index >= 15 is 0 Å². The van der Waals surface area contributed by atoms with Gasteiger partial charge in [-0.3, -0.25) is 19.2 Å². The Labute approximate surface area is 409 Å². The molecule has 1 heterocycles. The quantitative estimate of drug-likeness (QED) is 0.180. The van der Waals surface area contributed by atoms with Gasteiger partial charge >= 0.3 is 23.9 Å². The Kier molecular flexibility index (Phi) is 21.9. The zero-order chi connectivity index (χ0) is 52.0. The molecular weight excluding hydrogens is 885 g/mol. The van der Waals surface area contributed by atoms with Gasteiger partial charge in [-0.15, -0.1) is 0 Å². The van der Waals surface area contributed by atoms with Crippen molar-refractivity contribution in [3.63, 3.8) is 0 Å². The van der Waals surface area contributed by atoms with Crippen molar-refractivity contribution in [3.8, 4) is 0 Å². The minimum Gasteiger partial charge on any atom is -0.451 e. The van der Waals surface area contributed by atoms with Crippen LogP contribution in [0.25, 0.3) is 0 Å². The predicted octanol–water partition coefficient (Wildman–Crippen LogP) is 5.97. The molecule has 4 amide bonds. The molecule has 382 valence electrons. The van der Waals surface area contributed by atoms with Gasteiger partial charge in [0.15, 0.2) is 24.4 Å². The number of ether oxygens (including phenoxy) is 4. The van der Waals surface area contributed by atoms with E-state index in [1.165, 1.54) is 42.0 Å². The van der Waals surface area contributed by atoms with E-state index in [0.717, 1.165) is 25.2 Å². The van der Waals surface area contributed by atoms with E-state index in [4.69, 9.17) is 18.9 Å². The highest BCUT2D eigenvalue weighted by Crippen LogP contribution is 2.24. The van der Waals surface area contributed by atoms with Crippen LogP contribution >= 0.6 is 0 Å². The van der Waals surface area contributed by atoms with Crippen molar-refractivity contribution < 1.29 is 57.3 Å². The van der Waals surface area contributed by atoms with Gasteiger partial charge in [-0.25, -0.2) is 19.2 Å². The standard InChI is InChI=1S/C53H78N4O12/c1-31(2)25-40-50(62)66-37(11)47(59)55(13)43(28-34(7)8)53(65)69-45(30-39-23-21-35(9)22-24-39)49(61)57(15)41(26-32(3)4)51(63)67-36(10)46(58)54(12)42(27-33(5)6)52(64)68-44(48(60)56(40)14)29-38-19-17-16-18-20-38/h16-24,31-34,36-37,40-45H,25-30H2,1-15H3. The molecule has 1 aliphatic rings. The Morgan fingerprint density at radius 1 is 0.406 bits per heavy atom. The number of nitrogens with zero attached hydrogens (tertiary/aromatic N) is 4. The number of cyclic esters (lactones) is 4. The number of hydrogen-bond acceptors (Lipinski definition) is 12. The fourth-order valence-corrected chi connectivity index (χ4v) is 8.25. The number of amides is 4. The maximum Gasteiger partial charge on any atom is 0.329 e. The number of benzene rings is 2. The van der Waals surface area contributed by atoms with Crippen LogP contribution in [0.4, 0.5) is 0 Å². The van der Waals surface area contributed by atoms with Crippen molar-refractivity contribution in [2.45, 2.75) is 163 Å². The van der Waals surface area contributed by atoms with E-state index in [-0.39, 0.29) is 62.2 Å². The largest absolute Gasteiger partial charge is 0.451 e. The second kappa shape index (κ2) is 26.3. The lowest BCUT2D eigenvalue weighted by molar-refractivity contribution is -0.176. The van der Waals surface area contributed by atoms with Crippen LogP contribution in [0.5, 0.6) is 0 Å². The lowest BCUT2D eigenvalue weighted by Crippen LogP contribution is -2.55. The third kappa shape index (κ3) is 16.7. The summed E-state index contributed by atoms with van der Waals surface area (Å²) >= 11 is 0. The van der Waals surface area contributed by atoms with Crippen LogP contribution < -0.4 is 0 Å². The SMILES string of the molecule is Cc1ccc(CC2OC(=O)C(CC(C)C)N(C)C(=O)C(C)OC(=O)C(CC(C)C)N(C)C(=O)C(Cc3ccccc3)OC(=O)C(CC(C)C)N(C)C(=O)C(C)OC(=O)C(CC(C)C)N(C)C2=O)cc1. The first-order chi connectivity index (χ1) is 32.2. The number of hydrogen-bond donors (Lipinski definition) is 0. The number of likely N-dealkylation sites (N-methyl/N-ethyl adjacent to an activating group) is 4. The summed E-state index contributed by atoms with van der Waals surface area (Å²) in [7, 11) is 5.57. The molecule has 0 radical (unpaired) electrons. The van der Waals surface area contributed by atoms with Crippen LogP contribution in [-0.2, 0) is 70.1 Å². The number of aryl methyl sites for hydroxylation is 1. The van der Waals surface area contributed by atoms with Crippen molar-refractivity contribution in [2.75, 3.05) is 28.2 Å². The fourth-order valence-electron chi connectivity index (χ4n) is 8.25. The van der Waals surface area contributed by atoms with Crippen LogP contribution in [0, 0.1) is 30.6 Å². The normalized spacial score (nSPS) is 25.0. The van der Waals surface area contributed by atoms with Crippen LogP contribution in [0.1, 0.15) is 112 Å². The van der Waals surface area contributed by atoms with Gasteiger partial charge in [0, 0.05) is 41.0 Å². The second-order valence-electron chi connectivity index (χ2n) is 20.3. The highest BCUT2D eigenvalue weighted by Gasteiger charge is 2.43. The number of rotatable bonds is 12. The lowest BCUT2D eigenvalue weighted by atomic mass is 10.00. The Morgan fingerprint density at radius 2 is 0.681 bits per heavy atom. The maximum atomic E-state index is 14.7. The fraction of sp³-hybridized carbons (Fsp3) is 0.623. The zero-order valence-electron chi connectivity index (χ0n) is 43.6. The smallest absolute Gasteiger partial charge is 0.329 e. The first-order valence-electron chi connectivity index (χ1n) is 24.2. The summed E-state index contributed by atoms with van der Waals surface area (Å²) in [5.41, 5.74) is 2.27. The number of carbonyl (C=O) groups excluding carboxylic acids is 8. The third-order valence-electron chi connectivity index (χ3n) is 12.3. The van der Waals surface area contributed by atoms with Gasteiger partial charge in [0.1, 0.15) is 24.2 Å². The third-order valence-corrected chi connectivity index (χ3v) is 12.3. The molecule has 69 heavy (non-hydrogen) atoms. The van der Waals surface area contributed by atoms with Gasteiger partial charge in [-0.05, 0) is 81.3 Å². The van der Waals surface area contributed by atoms with E-state index < -0.39 is 96.1 Å². The van der Waals surface area contributed by atoms with Crippen LogP contribution in [0.15, 0.2) is 54.6 Å². The molecule has 8 unspecified atom stereocenters. The minimum atomic E-state index is -1.48. The Balaban J connectivity index is 2.25. The van der Waals surface area contributed by atoms with Crippen LogP contribution in [0.3, 0.4) is 0 Å². The molecule has 0 bridgehead atoms. The first kappa shape index (κ1) is 57.5. The van der Waals surface area contributed by atoms with E-state index in [1.807, 2.05) is 74.4 Å². The molecule has 16 heteroatoms. The summed E-state index contributed by atoms with van der Waals surface area (Å²) in [6, 6.07) is 11.2. The average Bonchev–Trinajstić information content (AvgIpc) is 3.28. The highest BCUT2D eigenvalue weighted by molar-refractivity contribution is 5.94. The van der Waals surface area contributed by atoms with E-state index in [1.54, 1.807) is 42.5 Å². The predicted molar refractivity (Wildman–Crippen MR) is 260 cm³/mol. The molecule has 2 aromatic carbocycles. The first-order valence-corrected chi connectivity index (χ1v) is 24.2. The van der Waals surface area contributed by atoms with Crippen molar-refractivity contribution in [1.29, 1.82) is 0 Å². The van der Waals surface area contributed by atoms with Crippen LogP contribution in [-0.4, -0.2) is 144 Å². The molecule has 0 aromatic heterocycles. The molecule has 1 aliphatic heterocycles. The summed E-state index contributed by atoms with van der Waals surface area (Å²) in [6.45, 7) is 19.5. The zero-order valence-corrected chi connectivity index (χ0v) is 43.6. The van der Waals surface area contributed by atoms with Gasteiger partial charge in [0.05, 0.1) is 0 Å². The maximum absolute atomic E-state index is 14.7. The van der Waals surface area contributed by atoms with E-state index in [0.29, 0.717) is 11.1 Å². The van der Waals surface area contributed by atoms with Gasteiger partial charge in [-0.1, -0.05) is 116 Å². The summed E-state index contributed by atoms with van der Waals surface area (Å²) in [5.74, 6) is -7.13. The molecule has 0 N–H and O–H groups in total. The molecular formula is C53H78N4O12. The average molecular weight is 963 g/mol. The van der Waals surface area contributed by atoms with Crippen molar-refractivity contribution in [2.24, 2.45) is 23.7 Å². The van der Waals surface area contributed by atoms with Crippen molar-refractivity contribution in [3.05, 3.63) is 71.3 Å². The summed E-state index contributed by atoms with van der Waals surface area (Å²) < 4.78 is 23.8. The van der Waals surface area contributed by atoms with E-state index in [9.17, 15) is 38.4 Å². The lowest BCUT2D eigenvalue weighted by Gasteiger charge is -2.35. The molecule has 1 fully saturated rings. The molecule has 0 aliphatic carbocycles. The monoisotopic (exact) mass is 963 g/mol. The Morgan fingerprint density at radius 3 is 0.986 bits per heavy atom. The van der Waals surface area contributed by atoms with Gasteiger partial charge in [0.2, 0.25) is 0 Å². The number of esters is 4. The van der Waals surface area contributed by atoms with E-state index in [2.05, 4.69) is 0 Å². The molecule has 1 saturated heterocycles. The highest BCUT2D eigenvalue weighted by atomic mass is 16.6. The molecule has 3 rings (SSSR count). The van der Waals surface area contributed by atoms with Gasteiger partial charge < -0.3 is 38.5 Å². The summed E-state index contributed by atoms with van der Waals surface area (Å²) in [4.78, 5) is 120. The van der Waals surface area contributed by atoms with Gasteiger partial charge in [-0.2, -0.15) is 0 Å². The number of carbonyl (C=O) groups is 8. The molecule has 8 atom stereocenters. The molecule has 0 saturated carbocycles. The minimum absolute atomic E-state index is 0.0817. The van der Waals surface area contributed by atoms with Crippen molar-refractivity contribution >= 4 is 47.5 Å². The summed E-state index contributed by atoms with van der Waals surface area (Å²) in [6.07, 6.45) is -5.57. The second-order valence-corrected chi connectivity index (χ2v) is 20.3. The molecule has 16 nitrogen and oxygen atoms in total. The van der Waals surface area contributed by atoms with Crippen molar-refractivity contribution in [1.82, 2.24) is 19.6 Å². The summed E-state index contributed by atoms with van der Waals surface area (Å²) in [5, 5.41) is 0.